The van der Waals surface area contributed by atoms with E-state index in [1.54, 1.807) is 4.52 Å². The molecule has 2 aromatic rings. The van der Waals surface area contributed by atoms with Gasteiger partial charge in [-0.2, -0.15) is 4.98 Å². The van der Waals surface area contributed by atoms with Crippen molar-refractivity contribution < 1.29 is 4.74 Å². The molecule has 0 radical (unpaired) electrons. The Labute approximate surface area is 118 Å². The van der Waals surface area contributed by atoms with Crippen LogP contribution in [0.1, 0.15) is 6.42 Å². The Bertz CT molecular complexity index is 630. The summed E-state index contributed by atoms with van der Waals surface area (Å²) in [6, 6.07) is 4.10. The molecule has 0 aromatic carbocycles. The number of aromatic nitrogens is 3. The Morgan fingerprint density at radius 1 is 1.53 bits per heavy atom. The molecule has 6 nitrogen and oxygen atoms in total. The van der Waals surface area contributed by atoms with Crippen molar-refractivity contribution in [1.82, 2.24) is 14.6 Å². The summed E-state index contributed by atoms with van der Waals surface area (Å²) in [5, 5.41) is 7.70. The molecule has 3 heterocycles. The van der Waals surface area contributed by atoms with Crippen molar-refractivity contribution in [3.8, 4) is 0 Å². The first-order valence-corrected chi connectivity index (χ1v) is 7.18. The van der Waals surface area contributed by atoms with E-state index in [1.807, 2.05) is 18.3 Å². The number of halogens is 1. The van der Waals surface area contributed by atoms with E-state index < -0.39 is 0 Å². The molecule has 4 atom stereocenters. The Hall–Kier alpha value is -1.18. The molecule has 2 fully saturated rings. The van der Waals surface area contributed by atoms with E-state index in [4.69, 9.17) is 10.5 Å². The summed E-state index contributed by atoms with van der Waals surface area (Å²) in [7, 11) is 0. The van der Waals surface area contributed by atoms with Crippen LogP contribution in [0.2, 0.25) is 0 Å². The first kappa shape index (κ1) is 11.6. The Morgan fingerprint density at radius 3 is 3.26 bits per heavy atom. The summed E-state index contributed by atoms with van der Waals surface area (Å²) >= 11 is 3.46. The summed E-state index contributed by atoms with van der Waals surface area (Å²) < 4.78 is 8.35. The number of fused-ring (bicyclic) bond motifs is 2. The van der Waals surface area contributed by atoms with Crippen molar-refractivity contribution in [1.29, 1.82) is 0 Å². The second-order valence-corrected chi connectivity index (χ2v) is 5.95. The standard InChI is InChI=1S/C12H14BrN5O/c13-7-2-1-4-18-11(7)16-12(17-18)15-9-8(14)6-3-5-19-10(6)9/h1-2,4,6,8-10H,3,5,14H2,(H,15,17). The number of ether oxygens (including phenoxy) is 1. The summed E-state index contributed by atoms with van der Waals surface area (Å²) in [5.41, 5.74) is 6.96. The maximum Gasteiger partial charge on any atom is 0.243 e. The van der Waals surface area contributed by atoms with E-state index in [1.165, 1.54) is 0 Å². The maximum absolute atomic E-state index is 6.17. The summed E-state index contributed by atoms with van der Waals surface area (Å²) in [6.07, 6.45) is 3.15. The summed E-state index contributed by atoms with van der Waals surface area (Å²) in [6.45, 7) is 0.811. The molecule has 2 aliphatic rings. The van der Waals surface area contributed by atoms with Crippen molar-refractivity contribution in [2.45, 2.75) is 24.6 Å². The van der Waals surface area contributed by atoms with E-state index in [-0.39, 0.29) is 18.2 Å². The van der Waals surface area contributed by atoms with Gasteiger partial charge in [0.05, 0.1) is 16.6 Å². The van der Waals surface area contributed by atoms with Crippen LogP contribution in [-0.2, 0) is 4.74 Å². The number of hydrogen-bond donors (Lipinski definition) is 2. The highest BCUT2D eigenvalue weighted by molar-refractivity contribution is 9.10. The van der Waals surface area contributed by atoms with Crippen molar-refractivity contribution >= 4 is 27.5 Å². The first-order chi connectivity index (χ1) is 9.24. The van der Waals surface area contributed by atoms with E-state index in [0.29, 0.717) is 11.9 Å². The number of nitrogens with two attached hydrogens (primary N) is 1. The molecule has 1 aliphatic carbocycles. The lowest BCUT2D eigenvalue weighted by Crippen LogP contribution is -2.65. The fraction of sp³-hybridized carbons (Fsp3) is 0.500. The number of rotatable bonds is 2. The van der Waals surface area contributed by atoms with Gasteiger partial charge in [-0.15, -0.1) is 5.10 Å². The van der Waals surface area contributed by atoms with Crippen LogP contribution in [0.25, 0.3) is 5.65 Å². The third-order valence-electron chi connectivity index (χ3n) is 4.06. The minimum absolute atomic E-state index is 0.115. The van der Waals surface area contributed by atoms with Gasteiger partial charge in [0.1, 0.15) is 0 Å². The molecule has 1 saturated carbocycles. The van der Waals surface area contributed by atoms with Crippen molar-refractivity contribution in [2.24, 2.45) is 11.7 Å². The molecule has 19 heavy (non-hydrogen) atoms. The maximum atomic E-state index is 6.17. The summed E-state index contributed by atoms with van der Waals surface area (Å²) in [4.78, 5) is 4.47. The smallest absolute Gasteiger partial charge is 0.243 e. The zero-order valence-electron chi connectivity index (χ0n) is 10.2. The third kappa shape index (κ3) is 1.69. The van der Waals surface area contributed by atoms with Crippen LogP contribution in [0.5, 0.6) is 0 Å². The molecule has 7 heteroatoms. The van der Waals surface area contributed by atoms with Gasteiger partial charge in [0.15, 0.2) is 5.65 Å². The lowest BCUT2D eigenvalue weighted by atomic mass is 9.72. The highest BCUT2D eigenvalue weighted by Gasteiger charge is 2.52. The topological polar surface area (TPSA) is 77.5 Å². The van der Waals surface area contributed by atoms with Gasteiger partial charge in [-0.25, -0.2) is 4.52 Å². The van der Waals surface area contributed by atoms with Crippen LogP contribution >= 0.6 is 15.9 Å². The fourth-order valence-corrected chi connectivity index (χ4v) is 3.43. The molecule has 4 unspecified atom stereocenters. The van der Waals surface area contributed by atoms with Gasteiger partial charge in [0.2, 0.25) is 5.95 Å². The number of hydrogen-bond acceptors (Lipinski definition) is 5. The molecule has 1 aliphatic heterocycles. The number of pyridine rings is 1. The van der Waals surface area contributed by atoms with E-state index in [0.717, 1.165) is 23.1 Å². The Balaban J connectivity index is 1.60. The largest absolute Gasteiger partial charge is 0.376 e. The molecule has 3 N–H and O–H groups in total. The molecule has 2 aromatic heterocycles. The quantitative estimate of drug-likeness (QED) is 0.862. The van der Waals surface area contributed by atoms with Crippen molar-refractivity contribution in [2.75, 3.05) is 11.9 Å². The normalized spacial score (nSPS) is 33.2. The molecule has 0 bridgehead atoms. The molecule has 100 valence electrons. The second-order valence-electron chi connectivity index (χ2n) is 5.10. The number of nitrogens with one attached hydrogen (secondary N) is 1. The lowest BCUT2D eigenvalue weighted by Gasteiger charge is -2.45. The zero-order valence-corrected chi connectivity index (χ0v) is 11.7. The van der Waals surface area contributed by atoms with Gasteiger partial charge in [-0.05, 0) is 34.5 Å². The van der Waals surface area contributed by atoms with E-state index in [2.05, 4.69) is 31.3 Å². The van der Waals surface area contributed by atoms with Gasteiger partial charge in [-0.1, -0.05) is 0 Å². The fourth-order valence-electron chi connectivity index (χ4n) is 3.01. The van der Waals surface area contributed by atoms with Crippen molar-refractivity contribution in [3.05, 3.63) is 22.8 Å². The summed E-state index contributed by atoms with van der Waals surface area (Å²) in [5.74, 6) is 1.09. The Kier molecular flexibility index (Phi) is 2.54. The van der Waals surface area contributed by atoms with Crippen LogP contribution in [0.3, 0.4) is 0 Å². The SMILES string of the molecule is NC1C2CCOC2C1Nc1nc2c(Br)cccn2n1. The lowest BCUT2D eigenvalue weighted by molar-refractivity contribution is 0.00510. The van der Waals surface area contributed by atoms with Crippen LogP contribution in [0.15, 0.2) is 22.8 Å². The van der Waals surface area contributed by atoms with Crippen LogP contribution < -0.4 is 11.1 Å². The minimum Gasteiger partial charge on any atom is -0.376 e. The monoisotopic (exact) mass is 323 g/mol. The predicted molar refractivity (Wildman–Crippen MR) is 73.9 cm³/mol. The first-order valence-electron chi connectivity index (χ1n) is 6.38. The average molecular weight is 324 g/mol. The average Bonchev–Trinajstić information content (AvgIpc) is 3.00. The van der Waals surface area contributed by atoms with Gasteiger partial charge in [0.25, 0.3) is 0 Å². The minimum atomic E-state index is 0.115. The Morgan fingerprint density at radius 2 is 2.42 bits per heavy atom. The molecule has 4 rings (SSSR count). The van der Waals surface area contributed by atoms with Crippen LogP contribution in [0, 0.1) is 5.92 Å². The third-order valence-corrected chi connectivity index (χ3v) is 4.68. The highest BCUT2D eigenvalue weighted by Crippen LogP contribution is 2.39. The van der Waals surface area contributed by atoms with Crippen molar-refractivity contribution in [3.63, 3.8) is 0 Å². The molecular formula is C12H14BrN5O. The zero-order chi connectivity index (χ0) is 13.0. The number of anilines is 1. The molecule has 0 spiro atoms. The van der Waals surface area contributed by atoms with Gasteiger partial charge in [-0.3, -0.25) is 0 Å². The van der Waals surface area contributed by atoms with Crippen LogP contribution in [-0.4, -0.2) is 39.4 Å². The van der Waals surface area contributed by atoms with Gasteiger partial charge >= 0.3 is 0 Å². The van der Waals surface area contributed by atoms with Gasteiger partial charge < -0.3 is 15.8 Å². The van der Waals surface area contributed by atoms with E-state index >= 15 is 0 Å². The second kappa shape index (κ2) is 4.16. The molecule has 0 amide bonds. The highest BCUT2D eigenvalue weighted by atomic mass is 79.9. The van der Waals surface area contributed by atoms with Gasteiger partial charge in [0, 0.05) is 24.8 Å². The predicted octanol–water partition coefficient (Wildman–Crippen LogP) is 1.02. The van der Waals surface area contributed by atoms with Crippen LogP contribution in [0.4, 0.5) is 5.95 Å². The van der Waals surface area contributed by atoms with E-state index in [9.17, 15) is 0 Å². The number of nitrogens with zero attached hydrogens (tertiary/aromatic N) is 3. The molecular weight excluding hydrogens is 310 g/mol. The molecule has 1 saturated heterocycles.